The largest absolute Gasteiger partial charge is 0.492 e. The number of carbonyl (C=O) groups excluding carboxylic acids is 1. The molecule has 0 amide bonds. The number of esters is 1. The number of aliphatic hydroxyl groups is 1. The van der Waals surface area contributed by atoms with Crippen molar-refractivity contribution in [3.8, 4) is 16.9 Å². The number of aryl methyl sites for hydroxylation is 1. The fourth-order valence-electron chi connectivity index (χ4n) is 4.53. The molecule has 9 nitrogen and oxygen atoms in total. The molecule has 4 N–H and O–H groups in total. The van der Waals surface area contributed by atoms with Gasteiger partial charge >= 0.3 is 5.97 Å². The first-order valence-corrected chi connectivity index (χ1v) is 15.1. The molecule has 0 spiro atoms. The average molecular weight is 566 g/mol. The Morgan fingerprint density at radius 3 is 2.60 bits per heavy atom. The van der Waals surface area contributed by atoms with Crippen LogP contribution in [0.2, 0.25) is 0 Å². The number of hydrogen-bond donors (Lipinski definition) is 4. The third-order valence-electron chi connectivity index (χ3n) is 6.25. The maximum absolute atomic E-state index is 12.0. The van der Waals surface area contributed by atoms with Gasteiger partial charge in [-0.2, -0.15) is 0 Å². The van der Waals surface area contributed by atoms with Gasteiger partial charge in [-0.25, -0.2) is 8.42 Å². The van der Waals surface area contributed by atoms with Gasteiger partial charge in [0.2, 0.25) is 10.0 Å². The number of sulfonamides is 1. The van der Waals surface area contributed by atoms with Crippen LogP contribution in [0.3, 0.4) is 0 Å². The molecule has 40 heavy (non-hydrogen) atoms. The van der Waals surface area contributed by atoms with E-state index >= 15 is 0 Å². The van der Waals surface area contributed by atoms with Crippen LogP contribution in [-0.2, 0) is 26.0 Å². The minimum absolute atomic E-state index is 0.222. The van der Waals surface area contributed by atoms with Crippen LogP contribution in [0.25, 0.3) is 22.0 Å². The summed E-state index contributed by atoms with van der Waals surface area (Å²) in [5.41, 5.74) is 5.03. The molecule has 0 bridgehead atoms. The van der Waals surface area contributed by atoms with E-state index in [-0.39, 0.29) is 12.5 Å². The summed E-state index contributed by atoms with van der Waals surface area (Å²) in [5.74, 6) is 0.479. The quantitative estimate of drug-likeness (QED) is 0.132. The Morgan fingerprint density at radius 1 is 1.05 bits per heavy atom. The van der Waals surface area contributed by atoms with Crippen LogP contribution in [0.1, 0.15) is 30.7 Å². The minimum Gasteiger partial charge on any atom is -0.492 e. The molecule has 212 valence electrons. The monoisotopic (exact) mass is 565 g/mol. The zero-order valence-electron chi connectivity index (χ0n) is 22.6. The van der Waals surface area contributed by atoms with Crippen LogP contribution in [0.4, 0.5) is 5.69 Å². The summed E-state index contributed by atoms with van der Waals surface area (Å²) in [7, 11) is -3.39. The van der Waals surface area contributed by atoms with Gasteiger partial charge in [-0.15, -0.1) is 0 Å². The van der Waals surface area contributed by atoms with Gasteiger partial charge in [0.15, 0.2) is 0 Å². The summed E-state index contributed by atoms with van der Waals surface area (Å²) < 4.78 is 36.4. The zero-order chi connectivity index (χ0) is 28.5. The van der Waals surface area contributed by atoms with Crippen LogP contribution < -0.4 is 14.8 Å². The van der Waals surface area contributed by atoms with Crippen LogP contribution in [-0.4, -0.2) is 57.0 Å². The Morgan fingerprint density at radius 2 is 1.85 bits per heavy atom. The lowest BCUT2D eigenvalue weighted by atomic mass is 10.00. The molecular formula is C30H35N3O6S. The molecule has 4 aromatic rings. The molecule has 0 aliphatic rings. The molecule has 0 saturated heterocycles. The zero-order valence-corrected chi connectivity index (χ0v) is 23.5. The Kier molecular flexibility index (Phi) is 9.81. The number of ether oxygens (including phenoxy) is 2. The fraction of sp³-hybridized carbons (Fsp3) is 0.300. The predicted molar refractivity (Wildman–Crippen MR) is 157 cm³/mol. The highest BCUT2D eigenvalue weighted by atomic mass is 32.2. The number of fused-ring (bicyclic) bond motifs is 1. The number of nitrogens with one attached hydrogen (secondary N) is 3. The summed E-state index contributed by atoms with van der Waals surface area (Å²) in [6.07, 6.45) is 1.10. The lowest BCUT2D eigenvalue weighted by molar-refractivity contribution is -0.143. The molecule has 1 heterocycles. The third kappa shape index (κ3) is 8.08. The molecule has 0 radical (unpaired) electrons. The molecule has 0 fully saturated rings. The van der Waals surface area contributed by atoms with E-state index in [1.54, 1.807) is 31.2 Å². The molecule has 1 unspecified atom stereocenters. The van der Waals surface area contributed by atoms with Crippen LogP contribution in [0, 0.1) is 0 Å². The van der Waals surface area contributed by atoms with Gasteiger partial charge in [-0.1, -0.05) is 42.5 Å². The van der Waals surface area contributed by atoms with Gasteiger partial charge in [0.1, 0.15) is 12.4 Å². The van der Waals surface area contributed by atoms with E-state index in [1.807, 2.05) is 36.4 Å². The standard InChI is InChI=1S/C30H35N3O6S/c1-3-38-29(35)15-14-26-30(21-8-5-4-6-9-21)25-13-12-24(19-27(25)32-26)39-17-16-31-20-28(34)22-10-7-11-23(18-22)33-40(2,36)37/h4-13,18-19,28,31-34H,3,14-17,20H2,1-2H3. The van der Waals surface area contributed by atoms with E-state index < -0.39 is 16.1 Å². The van der Waals surface area contributed by atoms with Crippen molar-refractivity contribution in [2.45, 2.75) is 25.9 Å². The second kappa shape index (κ2) is 13.5. The van der Waals surface area contributed by atoms with E-state index in [1.165, 1.54) is 0 Å². The summed E-state index contributed by atoms with van der Waals surface area (Å²) in [6.45, 7) is 3.33. The molecule has 1 aromatic heterocycles. The molecule has 4 rings (SSSR count). The first-order chi connectivity index (χ1) is 19.2. The van der Waals surface area contributed by atoms with E-state index in [0.717, 1.165) is 34.0 Å². The van der Waals surface area contributed by atoms with Crippen LogP contribution in [0.15, 0.2) is 72.8 Å². The van der Waals surface area contributed by atoms with E-state index in [4.69, 9.17) is 9.47 Å². The van der Waals surface area contributed by atoms with Crippen molar-refractivity contribution in [3.63, 3.8) is 0 Å². The van der Waals surface area contributed by atoms with Gasteiger partial charge in [0.25, 0.3) is 0 Å². The number of aliphatic hydroxyl groups excluding tert-OH is 1. The maximum Gasteiger partial charge on any atom is 0.306 e. The highest BCUT2D eigenvalue weighted by molar-refractivity contribution is 7.92. The summed E-state index contributed by atoms with van der Waals surface area (Å²) >= 11 is 0. The Labute approximate surface area is 234 Å². The summed E-state index contributed by atoms with van der Waals surface area (Å²) in [6, 6.07) is 22.6. The molecular weight excluding hydrogens is 530 g/mol. The normalized spacial score (nSPS) is 12.3. The molecule has 0 aliphatic carbocycles. The number of benzene rings is 3. The fourth-order valence-corrected chi connectivity index (χ4v) is 5.08. The molecule has 1 atom stereocenters. The number of hydrogen-bond acceptors (Lipinski definition) is 7. The van der Waals surface area contributed by atoms with Crippen LogP contribution >= 0.6 is 0 Å². The topological polar surface area (TPSA) is 130 Å². The smallest absolute Gasteiger partial charge is 0.306 e. The second-order valence-electron chi connectivity index (χ2n) is 9.43. The number of anilines is 1. The van der Waals surface area contributed by atoms with Crippen molar-refractivity contribution in [1.29, 1.82) is 0 Å². The molecule has 10 heteroatoms. The first-order valence-electron chi connectivity index (χ1n) is 13.2. The average Bonchev–Trinajstić information content (AvgIpc) is 3.29. The first kappa shape index (κ1) is 29.1. The van der Waals surface area contributed by atoms with Gasteiger partial charge in [-0.3, -0.25) is 9.52 Å². The predicted octanol–water partition coefficient (Wildman–Crippen LogP) is 4.40. The highest BCUT2D eigenvalue weighted by Crippen LogP contribution is 2.35. The highest BCUT2D eigenvalue weighted by Gasteiger charge is 2.16. The lowest BCUT2D eigenvalue weighted by Gasteiger charge is -2.14. The summed E-state index contributed by atoms with van der Waals surface area (Å²) in [4.78, 5) is 15.5. The second-order valence-corrected chi connectivity index (χ2v) is 11.2. The Balaban J connectivity index is 1.36. The van der Waals surface area contributed by atoms with Crippen molar-refractivity contribution in [2.24, 2.45) is 0 Å². The lowest BCUT2D eigenvalue weighted by Crippen LogP contribution is -2.26. The molecule has 0 saturated carbocycles. The van der Waals surface area contributed by atoms with Crippen molar-refractivity contribution < 1.29 is 27.8 Å². The van der Waals surface area contributed by atoms with E-state index in [9.17, 15) is 18.3 Å². The van der Waals surface area contributed by atoms with Crippen molar-refractivity contribution in [1.82, 2.24) is 10.3 Å². The molecule has 0 aliphatic heterocycles. The number of carbonyl (C=O) groups is 1. The van der Waals surface area contributed by atoms with Gasteiger partial charge in [0.05, 0.1) is 25.4 Å². The molecule has 3 aromatic carbocycles. The van der Waals surface area contributed by atoms with Gasteiger partial charge in [-0.05, 0) is 48.7 Å². The minimum atomic E-state index is -3.39. The number of aromatic nitrogens is 1. The van der Waals surface area contributed by atoms with Gasteiger partial charge in [0, 0.05) is 47.0 Å². The SMILES string of the molecule is CCOC(=O)CCc1[nH]c2cc(OCCNCC(O)c3cccc(NS(C)(=O)=O)c3)ccc2c1-c1ccccc1. The Hall–Kier alpha value is -3.86. The number of H-pyrrole nitrogens is 1. The third-order valence-corrected chi connectivity index (χ3v) is 6.86. The number of rotatable bonds is 14. The Bertz CT molecular complexity index is 1540. The van der Waals surface area contributed by atoms with Crippen molar-refractivity contribution in [3.05, 3.63) is 84.1 Å². The van der Waals surface area contributed by atoms with Crippen LogP contribution in [0.5, 0.6) is 5.75 Å². The van der Waals surface area contributed by atoms with Crippen molar-refractivity contribution in [2.75, 3.05) is 37.3 Å². The maximum atomic E-state index is 12.0. The van der Waals surface area contributed by atoms with Crippen molar-refractivity contribution >= 4 is 32.6 Å². The van der Waals surface area contributed by atoms with Gasteiger partial charge < -0.3 is 24.9 Å². The number of aromatic amines is 1. The van der Waals surface area contributed by atoms with E-state index in [2.05, 4.69) is 27.2 Å². The van der Waals surface area contributed by atoms with E-state index in [0.29, 0.717) is 49.6 Å². The summed E-state index contributed by atoms with van der Waals surface area (Å²) in [5, 5.41) is 14.7.